The molecule has 8 heteroatoms. The maximum atomic E-state index is 13.5. The summed E-state index contributed by atoms with van der Waals surface area (Å²) >= 11 is 0. The number of nitrogens with zero attached hydrogens (tertiary/aromatic N) is 1. The van der Waals surface area contributed by atoms with E-state index < -0.39 is 18.3 Å². The van der Waals surface area contributed by atoms with Crippen LogP contribution in [0.4, 0.5) is 4.39 Å². The van der Waals surface area contributed by atoms with E-state index in [-0.39, 0.29) is 24.4 Å². The Morgan fingerprint density at radius 1 is 1.50 bits per heavy atom. The van der Waals surface area contributed by atoms with Crippen molar-refractivity contribution >= 4 is 11.6 Å². The Kier molecular flexibility index (Phi) is 8.03. The lowest BCUT2D eigenvalue weighted by Crippen LogP contribution is -2.52. The second-order valence-corrected chi connectivity index (χ2v) is 7.22. The van der Waals surface area contributed by atoms with Crippen molar-refractivity contribution in [1.82, 2.24) is 16.0 Å². The lowest BCUT2D eigenvalue weighted by atomic mass is 9.86. The fourth-order valence-corrected chi connectivity index (χ4v) is 3.39. The molecule has 0 radical (unpaired) electrons. The fraction of sp³-hybridized carbons (Fsp3) is 0.600. The summed E-state index contributed by atoms with van der Waals surface area (Å²) < 4.78 is 13.5. The molecule has 7 nitrogen and oxygen atoms in total. The minimum atomic E-state index is -1.05. The topological polar surface area (TPSA) is 118 Å². The second kappa shape index (κ2) is 10.2. The minimum absolute atomic E-state index is 0.000360. The quantitative estimate of drug-likeness (QED) is 0.239. The monoisotopic (exact) mass is 390 g/mol. The molecule has 2 aliphatic heterocycles. The predicted octanol–water partition coefficient (Wildman–Crippen LogP) is 0.808. The van der Waals surface area contributed by atoms with Crippen LogP contribution in [0, 0.1) is 11.8 Å². The Morgan fingerprint density at radius 3 is 2.89 bits per heavy atom. The molecule has 2 rings (SSSR count). The summed E-state index contributed by atoms with van der Waals surface area (Å²) in [4.78, 5) is 17.1. The van der Waals surface area contributed by atoms with Crippen molar-refractivity contribution in [1.29, 1.82) is 0 Å². The van der Waals surface area contributed by atoms with Gasteiger partial charge >= 0.3 is 0 Å². The van der Waals surface area contributed by atoms with Gasteiger partial charge < -0.3 is 27.4 Å². The molecule has 0 saturated carbocycles. The number of amides is 1. The zero-order chi connectivity index (χ0) is 20.7. The second-order valence-electron chi connectivity index (χ2n) is 7.22. The third-order valence-corrected chi connectivity index (χ3v) is 5.10. The number of alkyl halides is 1. The molecule has 0 saturated heterocycles. The highest BCUT2D eigenvalue weighted by Crippen LogP contribution is 2.25. The van der Waals surface area contributed by atoms with Crippen molar-refractivity contribution in [3.8, 4) is 0 Å². The van der Waals surface area contributed by atoms with E-state index in [4.69, 9.17) is 11.5 Å². The molecule has 2 heterocycles. The van der Waals surface area contributed by atoms with Crippen LogP contribution >= 0.6 is 0 Å². The zero-order valence-electron chi connectivity index (χ0n) is 16.8. The number of carbonyl (C=O) groups excluding carboxylic acids is 1. The van der Waals surface area contributed by atoms with Crippen LogP contribution in [0.3, 0.4) is 0 Å². The van der Waals surface area contributed by atoms with Crippen molar-refractivity contribution < 1.29 is 9.18 Å². The third-order valence-electron chi connectivity index (χ3n) is 5.10. The normalized spacial score (nSPS) is 24.0. The molecular weight excluding hydrogens is 359 g/mol. The molecule has 28 heavy (non-hydrogen) atoms. The number of hydrogen-bond donors (Lipinski definition) is 5. The van der Waals surface area contributed by atoms with E-state index in [9.17, 15) is 9.18 Å². The first-order valence-corrected chi connectivity index (χ1v) is 9.68. The highest BCUT2D eigenvalue weighted by Gasteiger charge is 2.32. The Labute approximate surface area is 165 Å². The average Bonchev–Trinajstić information content (AvgIpc) is 2.67. The molecule has 2 aliphatic rings. The number of carbonyl (C=O) groups is 1. The average molecular weight is 391 g/mol. The van der Waals surface area contributed by atoms with Gasteiger partial charge in [-0.25, -0.2) is 4.39 Å². The van der Waals surface area contributed by atoms with Gasteiger partial charge in [0.15, 0.2) is 0 Å². The zero-order valence-corrected chi connectivity index (χ0v) is 16.8. The summed E-state index contributed by atoms with van der Waals surface area (Å²) in [6, 6.07) is 0.0199. The van der Waals surface area contributed by atoms with E-state index in [0.717, 1.165) is 24.2 Å². The van der Waals surface area contributed by atoms with Crippen LogP contribution in [0.2, 0.25) is 0 Å². The first-order valence-electron chi connectivity index (χ1n) is 9.68. The number of rotatable bonds is 8. The maximum absolute atomic E-state index is 13.5. The van der Waals surface area contributed by atoms with Gasteiger partial charge in [-0.05, 0) is 32.3 Å². The number of hydrogen-bond acceptors (Lipinski definition) is 6. The Morgan fingerprint density at radius 2 is 2.25 bits per heavy atom. The number of halogens is 1. The predicted molar refractivity (Wildman–Crippen MR) is 109 cm³/mol. The summed E-state index contributed by atoms with van der Waals surface area (Å²) in [5.41, 5.74) is 19.9. The summed E-state index contributed by atoms with van der Waals surface area (Å²) in [6.45, 7) is 6.20. The Balaban J connectivity index is 2.15. The number of nitrogens with one attached hydrogen (secondary N) is 3. The van der Waals surface area contributed by atoms with Crippen LogP contribution in [-0.2, 0) is 4.79 Å². The minimum Gasteiger partial charge on any atom is -0.389 e. The van der Waals surface area contributed by atoms with Gasteiger partial charge in [0.1, 0.15) is 12.1 Å². The van der Waals surface area contributed by atoms with E-state index in [2.05, 4.69) is 32.4 Å². The highest BCUT2D eigenvalue weighted by molar-refractivity contribution is 6.04. The summed E-state index contributed by atoms with van der Waals surface area (Å²) in [6.07, 6.45) is 2.77. The van der Waals surface area contributed by atoms with Gasteiger partial charge in [0.2, 0.25) is 5.91 Å². The molecule has 4 unspecified atom stereocenters. The molecule has 0 aromatic carbocycles. The smallest absolute Gasteiger partial charge is 0.235 e. The molecule has 0 aromatic rings. The van der Waals surface area contributed by atoms with Crippen LogP contribution in [0.5, 0.6) is 0 Å². The third kappa shape index (κ3) is 5.57. The van der Waals surface area contributed by atoms with Crippen molar-refractivity contribution in [2.45, 2.75) is 52.0 Å². The molecule has 1 amide bonds. The van der Waals surface area contributed by atoms with Gasteiger partial charge in [0, 0.05) is 36.3 Å². The highest BCUT2D eigenvalue weighted by atomic mass is 19.1. The molecule has 0 bridgehead atoms. The molecule has 154 valence electrons. The standard InChI is InChI=1S/C20H31FN6O/c1-4-14(21)10-26-13(3)17(19(22)23)20(28)27-16-11-24-9-7-15(16)18-12(2)6-5-8-25-18/h8,11,14-15,17-19,24-25H,4,7,9-10,22-23H2,1-3H3,(H,27,28)/b26-13+. The lowest BCUT2D eigenvalue weighted by molar-refractivity contribution is -0.123. The van der Waals surface area contributed by atoms with Crippen LogP contribution < -0.4 is 27.4 Å². The molecule has 0 fully saturated rings. The molecule has 4 atom stereocenters. The van der Waals surface area contributed by atoms with Crippen molar-refractivity contribution in [3.05, 3.63) is 35.1 Å². The van der Waals surface area contributed by atoms with E-state index >= 15 is 0 Å². The van der Waals surface area contributed by atoms with Crippen LogP contribution in [-0.4, -0.2) is 43.1 Å². The lowest BCUT2D eigenvalue weighted by Gasteiger charge is -2.34. The van der Waals surface area contributed by atoms with E-state index in [0.29, 0.717) is 12.1 Å². The van der Waals surface area contributed by atoms with Crippen molar-refractivity contribution in [2.24, 2.45) is 28.3 Å². The van der Waals surface area contributed by atoms with Gasteiger partial charge in [-0.2, -0.15) is 0 Å². The molecule has 0 aliphatic carbocycles. The first-order chi connectivity index (χ1) is 13.3. The van der Waals surface area contributed by atoms with Crippen LogP contribution in [0.15, 0.2) is 40.1 Å². The van der Waals surface area contributed by atoms with E-state index in [1.165, 1.54) is 0 Å². The van der Waals surface area contributed by atoms with Gasteiger partial charge in [-0.15, -0.1) is 0 Å². The molecular formula is C20H31FN6O. The van der Waals surface area contributed by atoms with Gasteiger partial charge in [0.25, 0.3) is 0 Å². The summed E-state index contributed by atoms with van der Waals surface area (Å²) in [5.74, 6) is -1.12. The Bertz CT molecular complexity index is 731. The van der Waals surface area contributed by atoms with E-state index in [1.54, 1.807) is 20.0 Å². The van der Waals surface area contributed by atoms with Gasteiger partial charge in [0.05, 0.1) is 18.8 Å². The SMILES string of the molecule is CCC(F)C/N=C(\C)C(C(=O)NC1=CNCCC1C1NC=C=C=C1C)C(N)N. The van der Waals surface area contributed by atoms with Crippen molar-refractivity contribution in [3.63, 3.8) is 0 Å². The number of nitrogens with two attached hydrogens (primary N) is 2. The molecule has 0 spiro atoms. The van der Waals surface area contributed by atoms with Gasteiger partial charge in [-0.1, -0.05) is 18.4 Å². The Hall–Kier alpha value is -2.37. The molecule has 0 aromatic heterocycles. The van der Waals surface area contributed by atoms with Crippen LogP contribution in [0.1, 0.15) is 33.6 Å². The van der Waals surface area contributed by atoms with Gasteiger partial charge in [-0.3, -0.25) is 9.79 Å². The van der Waals surface area contributed by atoms with Crippen LogP contribution in [0.25, 0.3) is 0 Å². The van der Waals surface area contributed by atoms with Crippen molar-refractivity contribution in [2.75, 3.05) is 13.1 Å². The fourth-order valence-electron chi connectivity index (χ4n) is 3.39. The maximum Gasteiger partial charge on any atom is 0.235 e. The molecule has 7 N–H and O–H groups in total. The number of aliphatic imine (C=N–C) groups is 1. The summed E-state index contributed by atoms with van der Waals surface area (Å²) in [7, 11) is 0. The summed E-state index contributed by atoms with van der Waals surface area (Å²) in [5, 5.41) is 9.41. The largest absolute Gasteiger partial charge is 0.389 e. The first kappa shape index (κ1) is 21.9. The van der Waals surface area contributed by atoms with E-state index in [1.807, 2.05) is 13.1 Å².